The molecular formula is C10H11N5O2. The number of fused-ring (bicyclic) bond motifs is 1. The van der Waals surface area contributed by atoms with Crippen molar-refractivity contribution in [1.82, 2.24) is 19.9 Å². The zero-order valence-electron chi connectivity index (χ0n) is 9.00. The molecular weight excluding hydrogens is 222 g/mol. The number of nitrogens with one attached hydrogen (secondary N) is 1. The molecule has 7 nitrogen and oxygen atoms in total. The predicted octanol–water partition coefficient (Wildman–Crippen LogP) is 0.430. The minimum Gasteiger partial charge on any atom is -0.480 e. The van der Waals surface area contributed by atoms with E-state index in [4.69, 9.17) is 5.11 Å². The molecule has 0 saturated carbocycles. The number of aromatic nitrogens is 4. The van der Waals surface area contributed by atoms with Gasteiger partial charge in [-0.3, -0.25) is 4.79 Å². The first-order valence-electron chi connectivity index (χ1n) is 4.94. The summed E-state index contributed by atoms with van der Waals surface area (Å²) in [6, 6.07) is 0. The molecule has 0 amide bonds. The van der Waals surface area contributed by atoms with Gasteiger partial charge in [-0.25, -0.2) is 15.0 Å². The Morgan fingerprint density at radius 1 is 1.53 bits per heavy atom. The van der Waals surface area contributed by atoms with Crippen LogP contribution in [0.3, 0.4) is 0 Å². The number of H-pyrrole nitrogens is 1. The number of aromatic amines is 1. The second-order valence-electron chi connectivity index (χ2n) is 3.36. The lowest BCUT2D eigenvalue weighted by molar-refractivity contribution is -0.135. The fraction of sp³-hybridized carbons (Fsp3) is 0.200. The van der Waals surface area contributed by atoms with Gasteiger partial charge >= 0.3 is 5.97 Å². The van der Waals surface area contributed by atoms with Crippen molar-refractivity contribution in [3.63, 3.8) is 0 Å². The Morgan fingerprint density at radius 2 is 2.35 bits per heavy atom. The minimum absolute atomic E-state index is 0.156. The Morgan fingerprint density at radius 3 is 3.06 bits per heavy atom. The molecule has 0 atom stereocenters. The molecule has 7 heteroatoms. The second-order valence-corrected chi connectivity index (χ2v) is 3.36. The molecule has 0 aliphatic heterocycles. The predicted molar refractivity (Wildman–Crippen MR) is 61.7 cm³/mol. The van der Waals surface area contributed by atoms with E-state index >= 15 is 0 Å². The van der Waals surface area contributed by atoms with Gasteiger partial charge < -0.3 is 15.0 Å². The number of aliphatic carboxylic acids is 1. The van der Waals surface area contributed by atoms with Gasteiger partial charge in [-0.05, 0) is 0 Å². The Balaban J connectivity index is 2.43. The maximum Gasteiger partial charge on any atom is 0.323 e. The molecule has 2 heterocycles. The number of carboxylic acids is 1. The van der Waals surface area contributed by atoms with E-state index in [0.717, 1.165) is 0 Å². The quantitative estimate of drug-likeness (QED) is 0.727. The Hall–Kier alpha value is -2.44. The molecule has 0 aromatic carbocycles. The molecule has 0 saturated heterocycles. The smallest absolute Gasteiger partial charge is 0.323 e. The maximum absolute atomic E-state index is 10.8. The van der Waals surface area contributed by atoms with Gasteiger partial charge in [0, 0.05) is 6.54 Å². The van der Waals surface area contributed by atoms with Crippen LogP contribution >= 0.6 is 0 Å². The van der Waals surface area contributed by atoms with Gasteiger partial charge in [0.2, 0.25) is 0 Å². The summed E-state index contributed by atoms with van der Waals surface area (Å²) in [6.45, 7) is 3.83. The Labute approximate surface area is 96.8 Å². The van der Waals surface area contributed by atoms with Crippen molar-refractivity contribution in [2.24, 2.45) is 0 Å². The molecule has 0 spiro atoms. The van der Waals surface area contributed by atoms with Crippen molar-refractivity contribution in [3.05, 3.63) is 25.3 Å². The summed E-state index contributed by atoms with van der Waals surface area (Å²) in [5.74, 6) is -0.423. The Bertz CT molecular complexity index is 550. The van der Waals surface area contributed by atoms with Crippen LogP contribution < -0.4 is 4.90 Å². The van der Waals surface area contributed by atoms with E-state index in [9.17, 15) is 4.79 Å². The number of anilines is 1. The highest BCUT2D eigenvalue weighted by Crippen LogP contribution is 2.18. The molecule has 88 valence electrons. The molecule has 2 aromatic heterocycles. The third kappa shape index (κ3) is 2.22. The molecule has 0 bridgehead atoms. The molecule has 0 radical (unpaired) electrons. The summed E-state index contributed by atoms with van der Waals surface area (Å²) >= 11 is 0. The lowest BCUT2D eigenvalue weighted by atomic mass is 10.4. The first-order valence-corrected chi connectivity index (χ1v) is 4.94. The SMILES string of the molecule is C=CCN(CC(=O)O)c1ncnc2nc[nH]c12. The average Bonchev–Trinajstić information content (AvgIpc) is 2.75. The van der Waals surface area contributed by atoms with Crippen molar-refractivity contribution >= 4 is 23.0 Å². The van der Waals surface area contributed by atoms with E-state index in [1.807, 2.05) is 0 Å². The van der Waals surface area contributed by atoms with Crippen LogP contribution in [0.2, 0.25) is 0 Å². The van der Waals surface area contributed by atoms with E-state index in [1.54, 1.807) is 11.0 Å². The van der Waals surface area contributed by atoms with E-state index < -0.39 is 5.97 Å². The van der Waals surface area contributed by atoms with E-state index in [2.05, 4.69) is 26.5 Å². The van der Waals surface area contributed by atoms with E-state index in [0.29, 0.717) is 23.5 Å². The number of nitrogens with zero attached hydrogens (tertiary/aromatic N) is 4. The van der Waals surface area contributed by atoms with E-state index in [1.165, 1.54) is 12.7 Å². The van der Waals surface area contributed by atoms with Crippen LogP contribution in [-0.4, -0.2) is 44.1 Å². The first-order chi connectivity index (χ1) is 8.22. The fourth-order valence-corrected chi connectivity index (χ4v) is 1.54. The topological polar surface area (TPSA) is 95.0 Å². The average molecular weight is 233 g/mol. The van der Waals surface area contributed by atoms with Crippen LogP contribution in [0.25, 0.3) is 11.2 Å². The molecule has 0 unspecified atom stereocenters. The summed E-state index contributed by atoms with van der Waals surface area (Å²) in [7, 11) is 0. The molecule has 0 fully saturated rings. The van der Waals surface area contributed by atoms with Crippen molar-refractivity contribution in [2.45, 2.75) is 0 Å². The minimum atomic E-state index is -0.932. The van der Waals surface area contributed by atoms with Crippen molar-refractivity contribution < 1.29 is 9.90 Å². The zero-order valence-corrected chi connectivity index (χ0v) is 9.00. The third-order valence-electron chi connectivity index (χ3n) is 2.18. The summed E-state index contributed by atoms with van der Waals surface area (Å²) < 4.78 is 0. The van der Waals surface area contributed by atoms with Crippen LogP contribution in [0.1, 0.15) is 0 Å². The van der Waals surface area contributed by atoms with Crippen LogP contribution in [0.5, 0.6) is 0 Å². The van der Waals surface area contributed by atoms with Crippen LogP contribution in [0.15, 0.2) is 25.3 Å². The highest BCUT2D eigenvalue weighted by Gasteiger charge is 2.15. The van der Waals surface area contributed by atoms with Crippen LogP contribution in [0, 0.1) is 0 Å². The van der Waals surface area contributed by atoms with Crippen LogP contribution in [-0.2, 0) is 4.79 Å². The van der Waals surface area contributed by atoms with Gasteiger partial charge in [0.05, 0.1) is 6.33 Å². The van der Waals surface area contributed by atoms with Gasteiger partial charge in [-0.15, -0.1) is 6.58 Å². The first kappa shape index (κ1) is 11.1. The number of hydrogen-bond acceptors (Lipinski definition) is 5. The standard InChI is InChI=1S/C10H11N5O2/c1-2-3-15(4-7(16)17)10-8-9(12-5-11-8)13-6-14-10/h2,5-6H,1,3-4H2,(H,16,17)(H,11,12,13,14). The number of rotatable bonds is 5. The maximum atomic E-state index is 10.8. The fourth-order valence-electron chi connectivity index (χ4n) is 1.54. The largest absolute Gasteiger partial charge is 0.480 e. The van der Waals surface area contributed by atoms with Gasteiger partial charge in [-0.1, -0.05) is 6.08 Å². The lowest BCUT2D eigenvalue weighted by Gasteiger charge is -2.19. The zero-order chi connectivity index (χ0) is 12.3. The molecule has 17 heavy (non-hydrogen) atoms. The van der Waals surface area contributed by atoms with Gasteiger partial charge in [-0.2, -0.15) is 0 Å². The van der Waals surface area contributed by atoms with Crippen LogP contribution in [0.4, 0.5) is 5.82 Å². The lowest BCUT2D eigenvalue weighted by Crippen LogP contribution is -2.30. The molecule has 2 N–H and O–H groups in total. The van der Waals surface area contributed by atoms with Gasteiger partial charge in [0.15, 0.2) is 11.5 Å². The molecule has 0 aliphatic carbocycles. The molecule has 2 rings (SSSR count). The summed E-state index contributed by atoms with van der Waals surface area (Å²) in [5, 5.41) is 8.85. The van der Waals surface area contributed by atoms with Gasteiger partial charge in [0.1, 0.15) is 18.4 Å². The van der Waals surface area contributed by atoms with Gasteiger partial charge in [0.25, 0.3) is 0 Å². The van der Waals surface area contributed by atoms with Crippen molar-refractivity contribution in [3.8, 4) is 0 Å². The molecule has 2 aromatic rings. The highest BCUT2D eigenvalue weighted by atomic mass is 16.4. The van der Waals surface area contributed by atoms with Crippen molar-refractivity contribution in [2.75, 3.05) is 18.0 Å². The summed E-state index contributed by atoms with van der Waals surface area (Å²) in [6.07, 6.45) is 4.47. The van der Waals surface area contributed by atoms with E-state index in [-0.39, 0.29) is 6.54 Å². The number of hydrogen-bond donors (Lipinski definition) is 2. The monoisotopic (exact) mass is 233 g/mol. The summed E-state index contributed by atoms with van der Waals surface area (Å²) in [5.41, 5.74) is 1.13. The second kappa shape index (κ2) is 4.60. The number of imidazole rings is 1. The number of carbonyl (C=O) groups is 1. The van der Waals surface area contributed by atoms with Crippen molar-refractivity contribution in [1.29, 1.82) is 0 Å². The molecule has 0 aliphatic rings. The third-order valence-corrected chi connectivity index (χ3v) is 2.18. The highest BCUT2D eigenvalue weighted by molar-refractivity contribution is 5.85. The number of carboxylic acid groups (broad SMARTS) is 1. The summed E-state index contributed by atoms with van der Waals surface area (Å²) in [4.78, 5) is 27.3. The normalized spacial score (nSPS) is 10.4. The Kier molecular flexibility index (Phi) is 2.99.